The van der Waals surface area contributed by atoms with Crippen LogP contribution in [0.1, 0.15) is 37.7 Å². The number of nitrogens with zero attached hydrogens (tertiary/aromatic N) is 2. The Bertz CT molecular complexity index is 561. The van der Waals surface area contributed by atoms with Gasteiger partial charge in [-0.1, -0.05) is 30.3 Å². The van der Waals surface area contributed by atoms with E-state index in [1.165, 1.54) is 0 Å². The van der Waals surface area contributed by atoms with Crippen LogP contribution in [0.3, 0.4) is 0 Å². The summed E-state index contributed by atoms with van der Waals surface area (Å²) in [7, 11) is 0. The standard InChI is InChI=1S/C19H26N2O3/c22-18-10-4-5-11-21(18)14-19(23)20-12-6-9-17(13-20)24-15-16-7-2-1-3-8-16/h1-3,7-8,17H,4-6,9-15H2/t17-/m0/s1. The highest BCUT2D eigenvalue weighted by atomic mass is 16.5. The molecule has 130 valence electrons. The Hall–Kier alpha value is -1.88. The normalized spacial score (nSPS) is 21.8. The molecule has 5 nitrogen and oxygen atoms in total. The monoisotopic (exact) mass is 330 g/mol. The first-order chi connectivity index (χ1) is 11.7. The summed E-state index contributed by atoms with van der Waals surface area (Å²) in [6.45, 7) is 2.93. The molecule has 0 radical (unpaired) electrons. The van der Waals surface area contributed by atoms with Crippen molar-refractivity contribution in [1.29, 1.82) is 0 Å². The van der Waals surface area contributed by atoms with E-state index in [9.17, 15) is 9.59 Å². The van der Waals surface area contributed by atoms with E-state index in [0.717, 1.165) is 37.8 Å². The number of amides is 2. The largest absolute Gasteiger partial charge is 0.372 e. The van der Waals surface area contributed by atoms with Gasteiger partial charge in [0.05, 0.1) is 19.3 Å². The first-order valence-electron chi connectivity index (χ1n) is 8.93. The molecule has 0 spiro atoms. The Balaban J connectivity index is 1.47. The topological polar surface area (TPSA) is 49.9 Å². The molecule has 0 N–H and O–H groups in total. The van der Waals surface area contributed by atoms with Crippen LogP contribution >= 0.6 is 0 Å². The van der Waals surface area contributed by atoms with Crippen LogP contribution < -0.4 is 0 Å². The predicted octanol–water partition coefficient (Wildman–Crippen LogP) is 2.21. The number of hydrogen-bond donors (Lipinski definition) is 0. The number of hydrogen-bond acceptors (Lipinski definition) is 3. The number of benzene rings is 1. The maximum Gasteiger partial charge on any atom is 0.242 e. The molecule has 2 saturated heterocycles. The van der Waals surface area contributed by atoms with Crippen molar-refractivity contribution >= 4 is 11.8 Å². The molecule has 0 aromatic heterocycles. The average molecular weight is 330 g/mol. The lowest BCUT2D eigenvalue weighted by atomic mass is 10.1. The van der Waals surface area contributed by atoms with Crippen molar-refractivity contribution in [2.45, 2.75) is 44.8 Å². The van der Waals surface area contributed by atoms with Crippen molar-refractivity contribution in [3.63, 3.8) is 0 Å². The van der Waals surface area contributed by atoms with Gasteiger partial charge in [0.1, 0.15) is 0 Å². The van der Waals surface area contributed by atoms with Gasteiger partial charge in [0, 0.05) is 26.1 Å². The van der Waals surface area contributed by atoms with Gasteiger partial charge >= 0.3 is 0 Å². The quantitative estimate of drug-likeness (QED) is 0.832. The number of carbonyl (C=O) groups is 2. The highest BCUT2D eigenvalue weighted by molar-refractivity contribution is 5.85. The van der Waals surface area contributed by atoms with Gasteiger partial charge in [-0.2, -0.15) is 0 Å². The van der Waals surface area contributed by atoms with Gasteiger partial charge in [0.15, 0.2) is 0 Å². The van der Waals surface area contributed by atoms with E-state index in [0.29, 0.717) is 26.1 Å². The molecule has 0 saturated carbocycles. The fourth-order valence-corrected chi connectivity index (χ4v) is 3.38. The van der Waals surface area contributed by atoms with Crippen LogP contribution in [0.2, 0.25) is 0 Å². The van der Waals surface area contributed by atoms with Gasteiger partial charge in [-0.05, 0) is 31.2 Å². The second-order valence-electron chi connectivity index (χ2n) is 6.67. The minimum atomic E-state index is 0.0539. The van der Waals surface area contributed by atoms with Crippen molar-refractivity contribution in [3.8, 4) is 0 Å². The summed E-state index contributed by atoms with van der Waals surface area (Å²) in [5.74, 6) is 0.168. The molecule has 2 amide bonds. The van der Waals surface area contributed by atoms with Crippen molar-refractivity contribution in [2.24, 2.45) is 0 Å². The average Bonchev–Trinajstić information content (AvgIpc) is 2.63. The number of likely N-dealkylation sites (tertiary alicyclic amines) is 2. The third-order valence-corrected chi connectivity index (χ3v) is 4.81. The van der Waals surface area contributed by atoms with Gasteiger partial charge in [-0.15, -0.1) is 0 Å². The molecule has 5 heteroatoms. The van der Waals surface area contributed by atoms with Crippen LogP contribution in [0.25, 0.3) is 0 Å². The maximum atomic E-state index is 12.5. The van der Waals surface area contributed by atoms with E-state index in [1.54, 1.807) is 4.90 Å². The lowest BCUT2D eigenvalue weighted by Crippen LogP contribution is -2.49. The third kappa shape index (κ3) is 4.57. The number of piperidine rings is 2. The van der Waals surface area contributed by atoms with Gasteiger partial charge in [0.25, 0.3) is 0 Å². The molecular weight excluding hydrogens is 304 g/mol. The minimum Gasteiger partial charge on any atom is -0.372 e. The van der Waals surface area contributed by atoms with Crippen LogP contribution in [0.15, 0.2) is 30.3 Å². The summed E-state index contributed by atoms with van der Waals surface area (Å²) in [5.41, 5.74) is 1.15. The van der Waals surface area contributed by atoms with Crippen LogP contribution in [0.5, 0.6) is 0 Å². The second kappa shape index (κ2) is 8.29. The smallest absolute Gasteiger partial charge is 0.242 e. The molecule has 2 heterocycles. The number of carbonyl (C=O) groups excluding carboxylic acids is 2. The van der Waals surface area contributed by atoms with E-state index in [2.05, 4.69) is 0 Å². The van der Waals surface area contributed by atoms with E-state index in [-0.39, 0.29) is 24.5 Å². The fraction of sp³-hybridized carbons (Fsp3) is 0.579. The van der Waals surface area contributed by atoms with Crippen molar-refractivity contribution in [1.82, 2.24) is 9.80 Å². The van der Waals surface area contributed by atoms with Gasteiger partial charge in [-0.3, -0.25) is 9.59 Å². The minimum absolute atomic E-state index is 0.0539. The molecule has 2 aliphatic heterocycles. The molecular formula is C19H26N2O3. The maximum absolute atomic E-state index is 12.5. The lowest BCUT2D eigenvalue weighted by molar-refractivity contribution is -0.144. The Kier molecular flexibility index (Phi) is 5.86. The summed E-state index contributed by atoms with van der Waals surface area (Å²) in [4.78, 5) is 27.9. The van der Waals surface area contributed by atoms with E-state index < -0.39 is 0 Å². The van der Waals surface area contributed by atoms with E-state index in [1.807, 2.05) is 35.2 Å². The summed E-state index contributed by atoms with van der Waals surface area (Å²) in [6, 6.07) is 10.1. The molecule has 1 atom stereocenters. The van der Waals surface area contributed by atoms with Crippen LogP contribution in [-0.4, -0.2) is 53.9 Å². The SMILES string of the molecule is O=C1CCCCN1CC(=O)N1CCC[C@H](OCc2ccccc2)C1. The molecule has 2 aliphatic rings. The zero-order valence-electron chi connectivity index (χ0n) is 14.2. The molecule has 1 aromatic rings. The zero-order chi connectivity index (χ0) is 16.8. The molecule has 0 bridgehead atoms. The highest BCUT2D eigenvalue weighted by Gasteiger charge is 2.27. The first-order valence-corrected chi connectivity index (χ1v) is 8.93. The molecule has 1 aromatic carbocycles. The van der Waals surface area contributed by atoms with Crippen LogP contribution in [0, 0.1) is 0 Å². The van der Waals surface area contributed by atoms with Crippen molar-refractivity contribution in [3.05, 3.63) is 35.9 Å². The Labute approximate surface area is 143 Å². The molecule has 2 fully saturated rings. The summed E-state index contributed by atoms with van der Waals surface area (Å²) >= 11 is 0. The molecule has 0 aliphatic carbocycles. The third-order valence-electron chi connectivity index (χ3n) is 4.81. The Morgan fingerprint density at radius 2 is 1.96 bits per heavy atom. The lowest BCUT2D eigenvalue weighted by Gasteiger charge is -2.35. The Morgan fingerprint density at radius 1 is 1.12 bits per heavy atom. The predicted molar refractivity (Wildman–Crippen MR) is 91.3 cm³/mol. The molecule has 3 rings (SSSR count). The summed E-state index contributed by atoms with van der Waals surface area (Å²) < 4.78 is 5.99. The van der Waals surface area contributed by atoms with E-state index >= 15 is 0 Å². The van der Waals surface area contributed by atoms with Gasteiger partial charge < -0.3 is 14.5 Å². The second-order valence-corrected chi connectivity index (χ2v) is 6.67. The van der Waals surface area contributed by atoms with E-state index in [4.69, 9.17) is 4.74 Å². The van der Waals surface area contributed by atoms with Crippen molar-refractivity contribution in [2.75, 3.05) is 26.2 Å². The van der Waals surface area contributed by atoms with Gasteiger partial charge in [-0.25, -0.2) is 0 Å². The number of ether oxygens (including phenoxy) is 1. The molecule has 0 unspecified atom stereocenters. The summed E-state index contributed by atoms with van der Waals surface area (Å²) in [5, 5.41) is 0. The highest BCUT2D eigenvalue weighted by Crippen LogP contribution is 2.17. The summed E-state index contributed by atoms with van der Waals surface area (Å²) in [6.07, 6.45) is 4.55. The van der Waals surface area contributed by atoms with Crippen LogP contribution in [-0.2, 0) is 20.9 Å². The van der Waals surface area contributed by atoms with Crippen molar-refractivity contribution < 1.29 is 14.3 Å². The zero-order valence-corrected chi connectivity index (χ0v) is 14.2. The van der Waals surface area contributed by atoms with Crippen LogP contribution in [0.4, 0.5) is 0 Å². The molecule has 24 heavy (non-hydrogen) atoms. The Morgan fingerprint density at radius 3 is 2.75 bits per heavy atom. The first kappa shape index (κ1) is 17.0. The van der Waals surface area contributed by atoms with Gasteiger partial charge in [0.2, 0.25) is 11.8 Å². The number of rotatable bonds is 5. The fourth-order valence-electron chi connectivity index (χ4n) is 3.38.